The normalized spacial score (nSPS) is 13.8. The van der Waals surface area contributed by atoms with E-state index in [2.05, 4.69) is 12.2 Å². The zero-order valence-corrected chi connectivity index (χ0v) is 18.8. The number of nitrogens with one attached hydrogen (secondary N) is 1. The summed E-state index contributed by atoms with van der Waals surface area (Å²) in [6.45, 7) is 3.93. The molecule has 1 N–H and O–H groups in total. The molecule has 1 aliphatic rings. The van der Waals surface area contributed by atoms with E-state index in [9.17, 15) is 9.59 Å². The van der Waals surface area contributed by atoms with E-state index in [0.29, 0.717) is 15.6 Å². The quantitative estimate of drug-likeness (QED) is 0.456. The Balaban J connectivity index is 1.77. The molecule has 0 fully saturated rings. The molecule has 4 nitrogen and oxygen atoms in total. The summed E-state index contributed by atoms with van der Waals surface area (Å²) in [4.78, 5) is 29.3. The molecule has 0 unspecified atom stereocenters. The van der Waals surface area contributed by atoms with Gasteiger partial charge in [-0.3, -0.25) is 9.59 Å². The Morgan fingerprint density at radius 1 is 0.935 bits per heavy atom. The van der Waals surface area contributed by atoms with E-state index in [0.717, 1.165) is 28.1 Å². The van der Waals surface area contributed by atoms with Gasteiger partial charge >= 0.3 is 0 Å². The third-order valence-corrected chi connectivity index (χ3v) is 6.57. The lowest BCUT2D eigenvalue weighted by atomic mass is 10.1. The predicted molar refractivity (Wildman–Crippen MR) is 127 cm³/mol. The minimum Gasteiger partial charge on any atom is -0.350 e. The number of anilines is 2. The van der Waals surface area contributed by atoms with Crippen LogP contribution >= 0.6 is 23.4 Å². The van der Waals surface area contributed by atoms with Crippen molar-refractivity contribution in [3.8, 4) is 0 Å². The molecule has 2 amide bonds. The van der Waals surface area contributed by atoms with Crippen LogP contribution in [0.15, 0.2) is 88.3 Å². The summed E-state index contributed by atoms with van der Waals surface area (Å²) in [5.41, 5.74) is 3.49. The van der Waals surface area contributed by atoms with Crippen molar-refractivity contribution < 1.29 is 9.59 Å². The first kappa shape index (κ1) is 21.2. The molecule has 0 radical (unpaired) electrons. The first-order valence-electron chi connectivity index (χ1n) is 9.96. The SMILES string of the molecule is CCc1ccccc1NC1=C(Sc2ccccc2)C(=O)N(c2ccc(C)c(Cl)c2)C1=O. The summed E-state index contributed by atoms with van der Waals surface area (Å²) in [6, 6.07) is 22.5. The van der Waals surface area contributed by atoms with Crippen LogP contribution in [0.2, 0.25) is 5.02 Å². The largest absolute Gasteiger partial charge is 0.350 e. The summed E-state index contributed by atoms with van der Waals surface area (Å²) in [5, 5.41) is 3.76. The number of halogens is 1. The van der Waals surface area contributed by atoms with E-state index in [1.54, 1.807) is 18.2 Å². The van der Waals surface area contributed by atoms with Gasteiger partial charge in [0.1, 0.15) is 10.6 Å². The number of amides is 2. The number of aryl methyl sites for hydroxylation is 2. The maximum atomic E-state index is 13.4. The maximum Gasteiger partial charge on any atom is 0.283 e. The summed E-state index contributed by atoms with van der Waals surface area (Å²) < 4.78 is 0. The minimum atomic E-state index is -0.394. The number of rotatable bonds is 6. The second-order valence-corrected chi connectivity index (χ2v) is 8.63. The van der Waals surface area contributed by atoms with Gasteiger partial charge in [0.2, 0.25) is 0 Å². The highest BCUT2D eigenvalue weighted by Crippen LogP contribution is 2.38. The number of carbonyl (C=O) groups excluding carboxylic acids is 2. The van der Waals surface area contributed by atoms with Crippen molar-refractivity contribution in [3.05, 3.63) is 99.5 Å². The Morgan fingerprint density at radius 2 is 1.65 bits per heavy atom. The van der Waals surface area contributed by atoms with Crippen LogP contribution in [-0.4, -0.2) is 11.8 Å². The van der Waals surface area contributed by atoms with E-state index in [1.165, 1.54) is 16.7 Å². The molecule has 0 aromatic heterocycles. The Bertz CT molecular complexity index is 1190. The number of imide groups is 1. The van der Waals surface area contributed by atoms with Gasteiger partial charge in [0, 0.05) is 15.6 Å². The molecule has 1 heterocycles. The fourth-order valence-corrected chi connectivity index (χ4v) is 4.48. The van der Waals surface area contributed by atoms with Crippen LogP contribution in [0.25, 0.3) is 0 Å². The van der Waals surface area contributed by atoms with Gasteiger partial charge in [-0.25, -0.2) is 4.90 Å². The van der Waals surface area contributed by atoms with Crippen LogP contribution in [0, 0.1) is 6.92 Å². The Labute approximate surface area is 190 Å². The summed E-state index contributed by atoms with van der Waals surface area (Å²) in [7, 11) is 0. The number of carbonyl (C=O) groups is 2. The molecule has 3 aromatic carbocycles. The second-order valence-electron chi connectivity index (χ2n) is 7.13. The van der Waals surface area contributed by atoms with Crippen LogP contribution in [-0.2, 0) is 16.0 Å². The van der Waals surface area contributed by atoms with Crippen molar-refractivity contribution in [3.63, 3.8) is 0 Å². The van der Waals surface area contributed by atoms with Crippen molar-refractivity contribution in [2.45, 2.75) is 25.2 Å². The van der Waals surface area contributed by atoms with Crippen LogP contribution in [0.1, 0.15) is 18.1 Å². The molecule has 0 saturated carbocycles. The lowest BCUT2D eigenvalue weighted by molar-refractivity contribution is -0.120. The van der Waals surface area contributed by atoms with E-state index in [-0.39, 0.29) is 11.6 Å². The number of thioether (sulfide) groups is 1. The fraction of sp³-hybridized carbons (Fsp3) is 0.120. The molecule has 0 spiro atoms. The lowest BCUT2D eigenvalue weighted by Crippen LogP contribution is -2.32. The molecule has 0 atom stereocenters. The Morgan fingerprint density at radius 3 is 2.35 bits per heavy atom. The fourth-order valence-electron chi connectivity index (χ4n) is 3.36. The topological polar surface area (TPSA) is 49.4 Å². The summed E-state index contributed by atoms with van der Waals surface area (Å²) in [5.74, 6) is -0.760. The average molecular weight is 449 g/mol. The summed E-state index contributed by atoms with van der Waals surface area (Å²) >= 11 is 7.56. The van der Waals surface area contributed by atoms with Gasteiger partial charge in [-0.1, -0.05) is 72.8 Å². The van der Waals surface area contributed by atoms with Gasteiger partial charge in [-0.2, -0.15) is 0 Å². The highest BCUT2D eigenvalue weighted by atomic mass is 35.5. The Kier molecular flexibility index (Phi) is 6.16. The molecule has 4 rings (SSSR count). The number of nitrogens with zero attached hydrogens (tertiary/aromatic N) is 1. The summed E-state index contributed by atoms with van der Waals surface area (Å²) in [6.07, 6.45) is 0.803. The van der Waals surface area contributed by atoms with Crippen LogP contribution in [0.4, 0.5) is 11.4 Å². The van der Waals surface area contributed by atoms with Gasteiger partial charge in [-0.15, -0.1) is 0 Å². The molecule has 156 valence electrons. The van der Waals surface area contributed by atoms with Gasteiger partial charge in [0.15, 0.2) is 0 Å². The van der Waals surface area contributed by atoms with E-state index < -0.39 is 5.91 Å². The zero-order valence-electron chi connectivity index (χ0n) is 17.2. The first-order chi connectivity index (χ1) is 15.0. The van der Waals surface area contributed by atoms with E-state index in [1.807, 2.05) is 61.5 Å². The van der Waals surface area contributed by atoms with Crippen molar-refractivity contribution >= 4 is 46.6 Å². The van der Waals surface area contributed by atoms with Crippen molar-refractivity contribution in [1.82, 2.24) is 0 Å². The Hall–Kier alpha value is -3.02. The van der Waals surface area contributed by atoms with Gasteiger partial charge < -0.3 is 5.32 Å². The standard InChI is InChI=1S/C25H21ClN2O2S/c1-3-17-9-7-8-12-21(17)27-22-23(31-19-10-5-4-6-11-19)25(30)28(24(22)29)18-14-13-16(2)20(26)15-18/h4-15,27H,3H2,1-2H3. The molecule has 3 aromatic rings. The van der Waals surface area contributed by atoms with E-state index >= 15 is 0 Å². The third-order valence-electron chi connectivity index (χ3n) is 5.08. The molecular formula is C25H21ClN2O2S. The monoisotopic (exact) mass is 448 g/mol. The molecule has 1 aliphatic heterocycles. The van der Waals surface area contributed by atoms with Crippen molar-refractivity contribution in [1.29, 1.82) is 0 Å². The molecular weight excluding hydrogens is 428 g/mol. The highest BCUT2D eigenvalue weighted by molar-refractivity contribution is 8.04. The van der Waals surface area contributed by atoms with E-state index in [4.69, 9.17) is 11.6 Å². The van der Waals surface area contributed by atoms with Crippen molar-refractivity contribution in [2.75, 3.05) is 10.2 Å². The molecule has 6 heteroatoms. The average Bonchev–Trinajstić information content (AvgIpc) is 3.01. The number of hydrogen-bond donors (Lipinski definition) is 1. The molecule has 0 saturated heterocycles. The second kappa shape index (κ2) is 9.00. The smallest absolute Gasteiger partial charge is 0.283 e. The predicted octanol–water partition coefficient (Wildman–Crippen LogP) is 6.20. The lowest BCUT2D eigenvalue weighted by Gasteiger charge is -2.16. The van der Waals surface area contributed by atoms with Crippen LogP contribution < -0.4 is 10.2 Å². The number of benzene rings is 3. The molecule has 0 bridgehead atoms. The van der Waals surface area contributed by atoms with Gasteiger partial charge in [0.25, 0.3) is 11.8 Å². The molecule has 31 heavy (non-hydrogen) atoms. The van der Waals surface area contributed by atoms with Gasteiger partial charge in [0.05, 0.1) is 5.69 Å². The first-order valence-corrected chi connectivity index (χ1v) is 11.2. The molecule has 0 aliphatic carbocycles. The highest BCUT2D eigenvalue weighted by Gasteiger charge is 2.40. The van der Waals surface area contributed by atoms with Gasteiger partial charge in [-0.05, 0) is 54.8 Å². The number of hydrogen-bond acceptors (Lipinski definition) is 4. The number of para-hydroxylation sites is 1. The maximum absolute atomic E-state index is 13.4. The zero-order chi connectivity index (χ0) is 22.0. The third kappa shape index (κ3) is 4.24. The minimum absolute atomic E-state index is 0.274. The van der Waals surface area contributed by atoms with Crippen molar-refractivity contribution in [2.24, 2.45) is 0 Å². The van der Waals surface area contributed by atoms with Crippen LogP contribution in [0.5, 0.6) is 0 Å². The van der Waals surface area contributed by atoms with Crippen LogP contribution in [0.3, 0.4) is 0 Å².